The fourth-order valence-corrected chi connectivity index (χ4v) is 3.57. The molecule has 138 valence electrons. The molecule has 0 aliphatic carbocycles. The van der Waals surface area contributed by atoms with Crippen LogP contribution in [0.4, 0.5) is 16.2 Å². The van der Waals surface area contributed by atoms with Crippen LogP contribution in [-0.2, 0) is 16.1 Å². The van der Waals surface area contributed by atoms with E-state index in [1.54, 1.807) is 0 Å². The van der Waals surface area contributed by atoms with Crippen molar-refractivity contribution >= 4 is 40.2 Å². The van der Waals surface area contributed by atoms with Crippen LogP contribution in [-0.4, -0.2) is 32.1 Å². The van der Waals surface area contributed by atoms with Gasteiger partial charge in [0.15, 0.2) is 0 Å². The maximum absolute atomic E-state index is 12.5. The number of thioether (sulfide) groups is 1. The Labute approximate surface area is 158 Å². The molecule has 1 atom stereocenters. The minimum Gasteiger partial charge on any atom is -0.326 e. The highest BCUT2D eigenvalue weighted by Gasteiger charge is 2.40. The van der Waals surface area contributed by atoms with Crippen molar-refractivity contribution in [1.82, 2.24) is 4.90 Å². The zero-order valence-electron chi connectivity index (χ0n) is 14.0. The van der Waals surface area contributed by atoms with Gasteiger partial charge in [0.1, 0.15) is 5.25 Å². The van der Waals surface area contributed by atoms with Crippen molar-refractivity contribution in [2.45, 2.75) is 18.2 Å². The first-order valence-electron chi connectivity index (χ1n) is 8.04. The van der Waals surface area contributed by atoms with Crippen LogP contribution in [0.3, 0.4) is 0 Å². The Hall–Kier alpha value is -3.20. The normalized spacial score (nSPS) is 16.4. The topological polar surface area (TPSA) is 110 Å². The summed E-state index contributed by atoms with van der Waals surface area (Å²) in [7, 11) is 0. The van der Waals surface area contributed by atoms with Crippen LogP contribution in [0.1, 0.15) is 12.0 Å². The number of anilines is 1. The van der Waals surface area contributed by atoms with Crippen molar-refractivity contribution in [3.63, 3.8) is 0 Å². The number of hydrogen-bond donors (Lipinski definition) is 1. The van der Waals surface area contributed by atoms with E-state index in [0.717, 1.165) is 22.2 Å². The smallest absolute Gasteiger partial charge is 0.289 e. The lowest BCUT2D eigenvalue weighted by molar-refractivity contribution is -0.384. The molecular weight excluding hydrogens is 370 g/mol. The number of carbonyl (C=O) groups is 3. The summed E-state index contributed by atoms with van der Waals surface area (Å²) in [5.74, 6) is -0.836. The van der Waals surface area contributed by atoms with Crippen LogP contribution in [0, 0.1) is 10.1 Å². The van der Waals surface area contributed by atoms with E-state index in [0.29, 0.717) is 5.69 Å². The number of imide groups is 1. The summed E-state index contributed by atoms with van der Waals surface area (Å²) in [4.78, 5) is 48.0. The number of non-ortho nitro benzene ring substituents is 1. The summed E-state index contributed by atoms with van der Waals surface area (Å²) < 4.78 is 0. The number of amides is 3. The minimum atomic E-state index is -0.778. The fourth-order valence-electron chi connectivity index (χ4n) is 2.58. The monoisotopic (exact) mass is 385 g/mol. The first kappa shape index (κ1) is 18.6. The molecule has 1 fully saturated rings. The van der Waals surface area contributed by atoms with Gasteiger partial charge in [0.05, 0.1) is 11.5 Å². The molecule has 0 spiro atoms. The third-order valence-corrected chi connectivity index (χ3v) is 5.00. The average Bonchev–Trinajstić information content (AvgIpc) is 2.90. The second kappa shape index (κ2) is 8.00. The van der Waals surface area contributed by atoms with Gasteiger partial charge in [0.25, 0.3) is 10.9 Å². The van der Waals surface area contributed by atoms with Gasteiger partial charge in [-0.15, -0.1) is 0 Å². The lowest BCUT2D eigenvalue weighted by atomic mass is 10.2. The van der Waals surface area contributed by atoms with Gasteiger partial charge in [-0.3, -0.25) is 29.4 Å². The third-order valence-electron chi connectivity index (χ3n) is 3.92. The first-order valence-corrected chi connectivity index (χ1v) is 8.92. The molecule has 1 saturated heterocycles. The van der Waals surface area contributed by atoms with E-state index in [9.17, 15) is 24.5 Å². The molecule has 2 aromatic rings. The van der Waals surface area contributed by atoms with Crippen LogP contribution >= 0.6 is 11.8 Å². The van der Waals surface area contributed by atoms with Gasteiger partial charge in [-0.2, -0.15) is 0 Å². The van der Waals surface area contributed by atoms with Gasteiger partial charge in [0.2, 0.25) is 11.8 Å². The molecule has 3 rings (SSSR count). The minimum absolute atomic E-state index is 0.0864. The molecule has 1 heterocycles. The van der Waals surface area contributed by atoms with Crippen LogP contribution < -0.4 is 5.32 Å². The van der Waals surface area contributed by atoms with Crippen molar-refractivity contribution in [2.24, 2.45) is 0 Å². The van der Waals surface area contributed by atoms with Crippen LogP contribution in [0.2, 0.25) is 0 Å². The van der Waals surface area contributed by atoms with E-state index in [1.165, 1.54) is 24.3 Å². The summed E-state index contributed by atoms with van der Waals surface area (Å²) in [6.45, 7) is 0.173. The first-order chi connectivity index (χ1) is 12.9. The van der Waals surface area contributed by atoms with Gasteiger partial charge >= 0.3 is 0 Å². The second-order valence-electron chi connectivity index (χ2n) is 5.84. The molecule has 3 amide bonds. The predicted octanol–water partition coefficient (Wildman–Crippen LogP) is 3.19. The molecule has 0 aromatic heterocycles. The van der Waals surface area contributed by atoms with Crippen LogP contribution in [0.15, 0.2) is 54.6 Å². The molecule has 1 N–H and O–H groups in total. The van der Waals surface area contributed by atoms with Crippen molar-refractivity contribution in [3.05, 3.63) is 70.3 Å². The third kappa shape index (κ3) is 4.50. The molecule has 1 aliphatic heterocycles. The summed E-state index contributed by atoms with van der Waals surface area (Å²) in [6, 6.07) is 14.5. The molecular formula is C18H15N3O5S. The molecule has 0 unspecified atom stereocenters. The number of nitro groups is 1. The molecule has 2 aromatic carbocycles. The highest BCUT2D eigenvalue weighted by atomic mass is 32.2. The van der Waals surface area contributed by atoms with E-state index >= 15 is 0 Å². The molecule has 1 aliphatic rings. The standard InChI is InChI=1S/C18H15N3O5S/c22-16(19-13-6-8-14(9-7-13)21(25)26)10-15-17(23)20(18(24)27-15)11-12-4-2-1-3-5-12/h1-9,15H,10-11H2,(H,19,22)/t15-/m0/s1. The van der Waals surface area contributed by atoms with Gasteiger partial charge in [-0.05, 0) is 17.7 Å². The SMILES string of the molecule is O=C(C[C@@H]1SC(=O)N(Cc2ccccc2)C1=O)Nc1ccc([N+](=O)[O-])cc1. The zero-order valence-corrected chi connectivity index (χ0v) is 14.8. The largest absolute Gasteiger partial charge is 0.326 e. The number of nitro benzene ring substituents is 1. The molecule has 0 bridgehead atoms. The Morgan fingerprint density at radius 1 is 1.11 bits per heavy atom. The summed E-state index contributed by atoms with van der Waals surface area (Å²) >= 11 is 0.834. The fraction of sp³-hybridized carbons (Fsp3) is 0.167. The Morgan fingerprint density at radius 2 is 1.78 bits per heavy atom. The number of rotatable bonds is 6. The van der Waals surface area contributed by atoms with Crippen molar-refractivity contribution in [3.8, 4) is 0 Å². The number of nitrogens with zero attached hydrogens (tertiary/aromatic N) is 2. The van der Waals surface area contributed by atoms with Crippen molar-refractivity contribution < 1.29 is 19.3 Å². The Morgan fingerprint density at radius 3 is 2.41 bits per heavy atom. The molecule has 8 nitrogen and oxygen atoms in total. The van der Waals surface area contributed by atoms with E-state index in [1.807, 2.05) is 30.3 Å². The van der Waals surface area contributed by atoms with Crippen LogP contribution in [0.25, 0.3) is 0 Å². The van der Waals surface area contributed by atoms with Gasteiger partial charge in [0, 0.05) is 24.2 Å². The maximum atomic E-state index is 12.5. The highest BCUT2D eigenvalue weighted by molar-refractivity contribution is 8.15. The van der Waals surface area contributed by atoms with E-state index < -0.39 is 22.0 Å². The summed E-state index contributed by atoms with van der Waals surface area (Å²) in [5, 5.41) is 12.1. The van der Waals surface area contributed by atoms with E-state index in [2.05, 4.69) is 5.32 Å². The molecule has 0 saturated carbocycles. The highest BCUT2D eigenvalue weighted by Crippen LogP contribution is 2.30. The van der Waals surface area contributed by atoms with Crippen LogP contribution in [0.5, 0.6) is 0 Å². The predicted molar refractivity (Wildman–Crippen MR) is 100 cm³/mol. The average molecular weight is 385 g/mol. The van der Waals surface area contributed by atoms with Crippen molar-refractivity contribution in [2.75, 3.05) is 5.32 Å². The summed E-state index contributed by atoms with van der Waals surface area (Å²) in [6.07, 6.45) is -0.155. The quantitative estimate of drug-likeness (QED) is 0.604. The molecule has 9 heteroatoms. The lowest BCUT2D eigenvalue weighted by Crippen LogP contribution is -2.32. The number of carbonyl (C=O) groups excluding carboxylic acids is 3. The Kier molecular flexibility index (Phi) is 5.51. The molecule has 27 heavy (non-hydrogen) atoms. The van der Waals surface area contributed by atoms with Crippen molar-refractivity contribution in [1.29, 1.82) is 0 Å². The molecule has 0 radical (unpaired) electrons. The summed E-state index contributed by atoms with van der Waals surface area (Å²) in [5.41, 5.74) is 1.13. The van der Waals surface area contributed by atoms with Gasteiger partial charge in [-0.1, -0.05) is 42.1 Å². The van der Waals surface area contributed by atoms with Gasteiger partial charge < -0.3 is 5.32 Å². The lowest BCUT2D eigenvalue weighted by Gasteiger charge is -2.13. The second-order valence-corrected chi connectivity index (χ2v) is 6.99. The van der Waals surface area contributed by atoms with E-state index in [-0.39, 0.29) is 23.9 Å². The van der Waals surface area contributed by atoms with E-state index in [4.69, 9.17) is 0 Å². The Balaban J connectivity index is 1.58. The van der Waals surface area contributed by atoms with Gasteiger partial charge in [-0.25, -0.2) is 0 Å². The zero-order chi connectivity index (χ0) is 19.4. The number of hydrogen-bond acceptors (Lipinski definition) is 6. The Bertz CT molecular complexity index is 886. The number of benzene rings is 2. The number of nitrogens with one attached hydrogen (secondary N) is 1. The maximum Gasteiger partial charge on any atom is 0.289 e.